The second-order valence-electron chi connectivity index (χ2n) is 17.8. The van der Waals surface area contributed by atoms with Crippen molar-refractivity contribution in [2.45, 2.75) is 124 Å². The van der Waals surface area contributed by atoms with Gasteiger partial charge < -0.3 is 10.4 Å². The minimum absolute atomic E-state index is 0.0425. The normalized spacial score (nSPS) is 41.2. The van der Waals surface area contributed by atoms with Crippen molar-refractivity contribution in [1.29, 1.82) is 0 Å². The maximum atomic E-state index is 11.5. The van der Waals surface area contributed by atoms with Crippen molar-refractivity contribution < 1.29 is 9.90 Å². The zero-order valence-corrected chi connectivity index (χ0v) is 30.9. The Morgan fingerprint density at radius 2 is 1.65 bits per heavy atom. The van der Waals surface area contributed by atoms with Gasteiger partial charge in [-0.05, 0) is 139 Å². The lowest BCUT2D eigenvalue weighted by Crippen LogP contribution is -2.68. The van der Waals surface area contributed by atoms with E-state index in [0.717, 1.165) is 25.4 Å². The van der Waals surface area contributed by atoms with Crippen LogP contribution < -0.4 is 10.0 Å². The fourth-order valence-corrected chi connectivity index (χ4v) is 13.5. The summed E-state index contributed by atoms with van der Waals surface area (Å²) < 4.78 is 3.61. The molecule has 0 aromatic heterocycles. The molecule has 0 saturated heterocycles. The van der Waals surface area contributed by atoms with Gasteiger partial charge in [-0.25, -0.2) is 4.79 Å². The summed E-state index contributed by atoms with van der Waals surface area (Å²) in [5.74, 6) is 2.54. The Bertz CT molecular complexity index is 1370. The quantitative estimate of drug-likeness (QED) is 0.142. The first-order valence-electron chi connectivity index (χ1n) is 18.4. The van der Waals surface area contributed by atoms with E-state index in [9.17, 15) is 9.90 Å². The van der Waals surface area contributed by atoms with Gasteiger partial charge in [0.15, 0.2) is 0 Å². The molecule has 9 atom stereocenters. The molecule has 5 aliphatic carbocycles. The SMILES string of the molecule is C=C(C)C1CCC2(NCCNSC(C)C)CCC3(C)C(CCC4C5(C)CC=C(c6ccc(C(=O)O)cc6)C(C)(C)C5CCC43C)C12. The van der Waals surface area contributed by atoms with E-state index in [2.05, 4.69) is 78.1 Å². The number of hydrogen-bond donors (Lipinski definition) is 3. The largest absolute Gasteiger partial charge is 0.478 e. The van der Waals surface area contributed by atoms with Crippen LogP contribution in [0, 0.1) is 51.2 Å². The number of aromatic carboxylic acids is 1. The van der Waals surface area contributed by atoms with Crippen LogP contribution in [0.3, 0.4) is 0 Å². The number of benzene rings is 1. The van der Waals surface area contributed by atoms with Gasteiger partial charge in [0.25, 0.3) is 0 Å². The molecule has 5 heteroatoms. The highest BCUT2D eigenvalue weighted by molar-refractivity contribution is 7.97. The average Bonchev–Trinajstić information content (AvgIpc) is 3.37. The Morgan fingerprint density at radius 1 is 0.935 bits per heavy atom. The van der Waals surface area contributed by atoms with Crippen molar-refractivity contribution in [3.05, 3.63) is 53.6 Å². The second kappa shape index (κ2) is 12.1. The van der Waals surface area contributed by atoms with E-state index < -0.39 is 5.97 Å². The van der Waals surface area contributed by atoms with Gasteiger partial charge in [0.1, 0.15) is 0 Å². The van der Waals surface area contributed by atoms with Crippen LogP contribution in [0.1, 0.15) is 129 Å². The minimum Gasteiger partial charge on any atom is -0.478 e. The number of carboxylic acid groups (broad SMARTS) is 1. The summed E-state index contributed by atoms with van der Waals surface area (Å²) in [5.41, 5.74) is 5.63. The fraction of sp³-hybridized carbons (Fsp3) is 0.732. The third-order valence-electron chi connectivity index (χ3n) is 15.1. The standard InChI is InChI=1S/C41H62N2O2S/c1-26(2)30-16-21-41(42-24-25-43-46-27(3)4)23-22-39(8)32(35(30)41)14-15-34-38(7)19-17-31(28-10-12-29(13-11-28)36(44)45)37(5,6)33(38)18-20-40(34,39)9/h10-13,17,27,30,32-35,42-43H,1,14-16,18-25H2,2-9H3,(H,44,45). The Morgan fingerprint density at radius 3 is 2.30 bits per heavy atom. The van der Waals surface area contributed by atoms with Gasteiger partial charge in [-0.3, -0.25) is 4.72 Å². The lowest BCUT2D eigenvalue weighted by molar-refractivity contribution is -0.219. The van der Waals surface area contributed by atoms with E-state index in [0.29, 0.717) is 45.3 Å². The maximum absolute atomic E-state index is 11.5. The molecule has 9 unspecified atom stereocenters. The van der Waals surface area contributed by atoms with E-state index >= 15 is 0 Å². The van der Waals surface area contributed by atoms with Crippen LogP contribution in [0.5, 0.6) is 0 Å². The number of carbonyl (C=O) groups is 1. The number of allylic oxidation sites excluding steroid dienone is 3. The van der Waals surface area contributed by atoms with Crippen molar-refractivity contribution in [2.75, 3.05) is 13.1 Å². The van der Waals surface area contributed by atoms with E-state index in [1.165, 1.54) is 68.1 Å². The number of nitrogens with one attached hydrogen (secondary N) is 2. The average molecular weight is 647 g/mol. The van der Waals surface area contributed by atoms with E-state index in [4.69, 9.17) is 0 Å². The lowest BCUT2D eigenvalue weighted by Gasteiger charge is -2.72. The fourth-order valence-electron chi connectivity index (χ4n) is 12.9. The molecule has 6 rings (SSSR count). The van der Waals surface area contributed by atoms with Crippen LogP contribution in [-0.4, -0.2) is 35.0 Å². The molecule has 254 valence electrons. The van der Waals surface area contributed by atoms with Crippen LogP contribution in [0.4, 0.5) is 0 Å². The molecule has 0 radical (unpaired) electrons. The van der Waals surface area contributed by atoms with Crippen molar-refractivity contribution in [2.24, 2.45) is 51.2 Å². The third-order valence-corrected chi connectivity index (χ3v) is 16.0. The van der Waals surface area contributed by atoms with Gasteiger partial charge in [0, 0.05) is 23.9 Å². The predicted octanol–water partition coefficient (Wildman–Crippen LogP) is 10.0. The summed E-state index contributed by atoms with van der Waals surface area (Å²) >= 11 is 1.85. The molecular formula is C41H62N2O2S. The van der Waals surface area contributed by atoms with Crippen molar-refractivity contribution in [1.82, 2.24) is 10.0 Å². The molecule has 4 saturated carbocycles. The summed E-state index contributed by atoms with van der Waals surface area (Å²) in [5, 5.41) is 14.3. The van der Waals surface area contributed by atoms with Crippen LogP contribution >= 0.6 is 11.9 Å². The first-order valence-corrected chi connectivity index (χ1v) is 19.3. The third kappa shape index (κ3) is 5.20. The smallest absolute Gasteiger partial charge is 0.335 e. The molecule has 0 aliphatic heterocycles. The molecule has 1 aromatic carbocycles. The minimum atomic E-state index is -0.854. The molecule has 1 aromatic rings. The molecular weight excluding hydrogens is 585 g/mol. The van der Waals surface area contributed by atoms with Crippen LogP contribution in [0.25, 0.3) is 5.57 Å². The first-order chi connectivity index (χ1) is 21.6. The van der Waals surface area contributed by atoms with E-state index in [1.54, 1.807) is 12.1 Å². The number of hydrogen-bond acceptors (Lipinski definition) is 4. The highest BCUT2D eigenvalue weighted by atomic mass is 32.2. The van der Waals surface area contributed by atoms with Gasteiger partial charge in [-0.2, -0.15) is 0 Å². The van der Waals surface area contributed by atoms with E-state index in [1.807, 2.05) is 24.1 Å². The molecule has 5 aliphatic rings. The van der Waals surface area contributed by atoms with Crippen LogP contribution in [-0.2, 0) is 0 Å². The number of carboxylic acids is 1. The zero-order valence-electron chi connectivity index (χ0n) is 30.1. The summed E-state index contributed by atoms with van der Waals surface area (Å²) in [6.45, 7) is 26.6. The molecule has 4 fully saturated rings. The maximum Gasteiger partial charge on any atom is 0.335 e. The van der Waals surface area contributed by atoms with Crippen molar-refractivity contribution in [3.63, 3.8) is 0 Å². The van der Waals surface area contributed by atoms with Gasteiger partial charge in [-0.1, -0.05) is 90.8 Å². The molecule has 0 heterocycles. The molecule has 46 heavy (non-hydrogen) atoms. The topological polar surface area (TPSA) is 61.4 Å². The van der Waals surface area contributed by atoms with Crippen LogP contribution in [0.15, 0.2) is 42.5 Å². The predicted molar refractivity (Wildman–Crippen MR) is 195 cm³/mol. The Hall–Kier alpha value is -1.56. The highest BCUT2D eigenvalue weighted by Gasteiger charge is 2.70. The highest BCUT2D eigenvalue weighted by Crippen LogP contribution is 2.76. The monoisotopic (exact) mass is 646 g/mol. The molecule has 3 N–H and O–H groups in total. The Labute approximate surface area is 284 Å². The lowest BCUT2D eigenvalue weighted by atomic mass is 9.33. The number of fused-ring (bicyclic) bond motifs is 7. The molecule has 4 nitrogen and oxygen atoms in total. The van der Waals surface area contributed by atoms with Gasteiger partial charge in [0.05, 0.1) is 5.56 Å². The van der Waals surface area contributed by atoms with Crippen molar-refractivity contribution >= 4 is 23.5 Å². The molecule has 0 bridgehead atoms. The molecule has 0 spiro atoms. The summed E-state index contributed by atoms with van der Waals surface area (Å²) in [6.07, 6.45) is 14.2. The van der Waals surface area contributed by atoms with E-state index in [-0.39, 0.29) is 16.4 Å². The summed E-state index contributed by atoms with van der Waals surface area (Å²) in [6, 6.07) is 7.64. The van der Waals surface area contributed by atoms with Gasteiger partial charge in [0.2, 0.25) is 0 Å². The first kappa shape index (κ1) is 34.3. The van der Waals surface area contributed by atoms with Gasteiger partial charge >= 0.3 is 5.97 Å². The van der Waals surface area contributed by atoms with Crippen LogP contribution in [0.2, 0.25) is 0 Å². The Kier molecular flexibility index (Phi) is 9.02. The number of rotatable bonds is 9. The summed E-state index contributed by atoms with van der Waals surface area (Å²) in [7, 11) is 0. The second-order valence-corrected chi connectivity index (χ2v) is 19.2. The van der Waals surface area contributed by atoms with Gasteiger partial charge in [-0.15, -0.1) is 0 Å². The zero-order chi connectivity index (χ0) is 33.3. The summed E-state index contributed by atoms with van der Waals surface area (Å²) in [4.78, 5) is 11.5. The Balaban J connectivity index is 1.29. The molecule has 0 amide bonds. The van der Waals surface area contributed by atoms with Crippen molar-refractivity contribution in [3.8, 4) is 0 Å².